The van der Waals surface area contributed by atoms with E-state index in [1.165, 1.54) is 0 Å². The Morgan fingerprint density at radius 2 is 1.97 bits per heavy atom. The van der Waals surface area contributed by atoms with Crippen LogP contribution in [0.3, 0.4) is 0 Å². The number of hydrogen-bond acceptors (Lipinski definition) is 7. The predicted octanol–water partition coefficient (Wildman–Crippen LogP) is 2.71. The molecule has 3 heterocycles. The summed E-state index contributed by atoms with van der Waals surface area (Å²) < 4.78 is 3.41. The number of anilines is 1. The van der Waals surface area contributed by atoms with E-state index in [0.717, 1.165) is 24.0 Å². The van der Waals surface area contributed by atoms with E-state index in [4.69, 9.17) is 5.73 Å². The average Bonchev–Trinajstić information content (AvgIpc) is 3.52. The monoisotopic (exact) mass is 424 g/mol. The summed E-state index contributed by atoms with van der Waals surface area (Å²) in [5.41, 5.74) is 10.5. The van der Waals surface area contributed by atoms with Gasteiger partial charge in [0.15, 0.2) is 0 Å². The van der Waals surface area contributed by atoms with E-state index in [-0.39, 0.29) is 11.5 Å². The molecular weight excluding hydrogens is 404 g/mol. The molecule has 0 radical (unpaired) electrons. The molecule has 1 saturated carbocycles. The summed E-state index contributed by atoms with van der Waals surface area (Å²) >= 11 is 0. The van der Waals surface area contributed by atoms with Gasteiger partial charge in [0.2, 0.25) is 5.95 Å². The molecule has 0 bridgehead atoms. The average molecular weight is 424 g/mol. The smallest absolute Gasteiger partial charge is 0.255 e. The molecule has 1 aliphatic carbocycles. The molecule has 3 aromatic heterocycles. The van der Waals surface area contributed by atoms with Crippen molar-refractivity contribution in [1.82, 2.24) is 29.5 Å². The van der Waals surface area contributed by atoms with Crippen molar-refractivity contribution in [2.24, 2.45) is 0 Å². The maximum atomic E-state index is 12.7. The topological polar surface area (TPSA) is 128 Å². The summed E-state index contributed by atoms with van der Waals surface area (Å²) in [7, 11) is 0. The van der Waals surface area contributed by atoms with E-state index >= 15 is 0 Å². The third-order valence-electron chi connectivity index (χ3n) is 5.60. The van der Waals surface area contributed by atoms with E-state index in [9.17, 15) is 10.1 Å². The number of benzene rings is 1. The lowest BCUT2D eigenvalue weighted by atomic mass is 10.00. The van der Waals surface area contributed by atoms with Crippen LogP contribution >= 0.6 is 0 Å². The molecule has 1 fully saturated rings. The van der Waals surface area contributed by atoms with Gasteiger partial charge in [0.05, 0.1) is 35.8 Å². The molecule has 0 atom stereocenters. The van der Waals surface area contributed by atoms with Crippen molar-refractivity contribution in [2.75, 3.05) is 5.73 Å². The Bertz CT molecular complexity index is 1420. The largest absolute Gasteiger partial charge is 0.368 e. The number of pyridine rings is 1. The minimum Gasteiger partial charge on any atom is -0.368 e. The number of nitrogen functional groups attached to an aromatic ring is 1. The van der Waals surface area contributed by atoms with E-state index in [1.807, 2.05) is 37.4 Å². The Labute approximate surface area is 183 Å². The van der Waals surface area contributed by atoms with E-state index in [2.05, 4.69) is 26.3 Å². The third kappa shape index (κ3) is 3.63. The molecule has 9 heteroatoms. The number of nitriles is 1. The predicted molar refractivity (Wildman–Crippen MR) is 118 cm³/mol. The van der Waals surface area contributed by atoms with Crippen LogP contribution in [0.15, 0.2) is 53.6 Å². The minimum atomic E-state index is 0.00784. The first-order valence-electron chi connectivity index (χ1n) is 10.3. The molecule has 2 N–H and O–H groups in total. The lowest BCUT2D eigenvalue weighted by molar-refractivity contribution is 0.627. The van der Waals surface area contributed by atoms with Gasteiger partial charge in [-0.3, -0.25) is 4.79 Å². The highest BCUT2D eigenvalue weighted by Gasteiger charge is 2.25. The first-order valence-corrected chi connectivity index (χ1v) is 10.3. The van der Waals surface area contributed by atoms with Crippen molar-refractivity contribution in [2.45, 2.75) is 32.4 Å². The zero-order valence-corrected chi connectivity index (χ0v) is 17.4. The van der Waals surface area contributed by atoms with Crippen LogP contribution in [0.1, 0.15) is 35.6 Å². The summed E-state index contributed by atoms with van der Waals surface area (Å²) in [6.45, 7) is 2.19. The van der Waals surface area contributed by atoms with Crippen LogP contribution in [0, 0.1) is 18.3 Å². The quantitative estimate of drug-likeness (QED) is 0.521. The molecule has 9 nitrogen and oxygen atoms in total. The minimum absolute atomic E-state index is 0.00784. The fourth-order valence-corrected chi connectivity index (χ4v) is 3.75. The van der Waals surface area contributed by atoms with Gasteiger partial charge in [0.25, 0.3) is 5.56 Å². The van der Waals surface area contributed by atoms with Gasteiger partial charge in [0, 0.05) is 23.4 Å². The highest BCUT2D eigenvalue weighted by molar-refractivity contribution is 5.71. The molecule has 0 unspecified atom stereocenters. The van der Waals surface area contributed by atoms with Crippen molar-refractivity contribution in [3.05, 3.63) is 75.8 Å². The first-order chi connectivity index (χ1) is 15.5. The number of nitrogens with two attached hydrogens (primary N) is 1. The van der Waals surface area contributed by atoms with Crippen LogP contribution in [0.5, 0.6) is 0 Å². The Morgan fingerprint density at radius 1 is 1.16 bits per heavy atom. The molecule has 0 amide bonds. The molecular formula is C23H20N8O. The lowest BCUT2D eigenvalue weighted by Crippen LogP contribution is -2.23. The van der Waals surface area contributed by atoms with Gasteiger partial charge < -0.3 is 10.3 Å². The summed E-state index contributed by atoms with van der Waals surface area (Å²) in [4.78, 5) is 21.4. The second-order valence-corrected chi connectivity index (χ2v) is 7.86. The van der Waals surface area contributed by atoms with Crippen LogP contribution in [0.4, 0.5) is 5.95 Å². The summed E-state index contributed by atoms with van der Waals surface area (Å²) in [5.74, 6) is 0.101. The zero-order valence-electron chi connectivity index (χ0n) is 17.4. The van der Waals surface area contributed by atoms with Gasteiger partial charge in [-0.1, -0.05) is 23.4 Å². The van der Waals surface area contributed by atoms with Gasteiger partial charge in [-0.25, -0.2) is 14.6 Å². The SMILES string of the molecule is Cc1c(C#N)cccc1-c1cc(-c2cn(Cc3cccn(C4CC4)c3=O)nn2)nc(N)n1. The summed E-state index contributed by atoms with van der Waals surface area (Å²) in [6.07, 6.45) is 5.67. The van der Waals surface area contributed by atoms with Crippen molar-refractivity contribution < 1.29 is 0 Å². The van der Waals surface area contributed by atoms with Gasteiger partial charge in [-0.15, -0.1) is 5.10 Å². The van der Waals surface area contributed by atoms with E-state index in [1.54, 1.807) is 27.6 Å². The highest BCUT2D eigenvalue weighted by Crippen LogP contribution is 2.33. The molecule has 1 aliphatic rings. The molecule has 0 saturated heterocycles. The van der Waals surface area contributed by atoms with Crippen LogP contribution in [0.2, 0.25) is 0 Å². The van der Waals surface area contributed by atoms with Gasteiger partial charge in [0.1, 0.15) is 5.69 Å². The van der Waals surface area contributed by atoms with E-state index in [0.29, 0.717) is 40.8 Å². The normalized spacial score (nSPS) is 13.1. The number of aromatic nitrogens is 6. The Kier molecular flexibility index (Phi) is 4.75. The van der Waals surface area contributed by atoms with Gasteiger partial charge in [-0.05, 0) is 43.5 Å². The van der Waals surface area contributed by atoms with Crippen LogP contribution in [-0.2, 0) is 6.54 Å². The standard InChI is InChI=1S/C23H20N8O/c1-14-15(11-24)4-2-6-18(14)19-10-20(27-23(25)26-19)21-13-30(29-28-21)12-16-5-3-9-31(22(16)32)17-7-8-17/h2-6,9-10,13,17H,7-8,12H2,1H3,(H2,25,26,27). The van der Waals surface area contributed by atoms with Crippen LogP contribution in [0.25, 0.3) is 22.6 Å². The second kappa shape index (κ2) is 7.74. The molecule has 1 aromatic carbocycles. The molecule has 32 heavy (non-hydrogen) atoms. The lowest BCUT2D eigenvalue weighted by Gasteiger charge is -2.08. The number of rotatable bonds is 5. The van der Waals surface area contributed by atoms with Crippen molar-refractivity contribution in [3.8, 4) is 28.7 Å². The number of nitrogens with zero attached hydrogens (tertiary/aromatic N) is 7. The zero-order chi connectivity index (χ0) is 22.2. The highest BCUT2D eigenvalue weighted by atomic mass is 16.1. The maximum absolute atomic E-state index is 12.7. The van der Waals surface area contributed by atoms with Crippen molar-refractivity contribution in [3.63, 3.8) is 0 Å². The molecule has 0 aliphatic heterocycles. The second-order valence-electron chi connectivity index (χ2n) is 7.86. The molecule has 5 rings (SSSR count). The summed E-state index contributed by atoms with van der Waals surface area (Å²) in [6, 6.07) is 13.4. The fraction of sp³-hybridized carbons (Fsp3) is 0.217. The fourth-order valence-electron chi connectivity index (χ4n) is 3.75. The third-order valence-corrected chi connectivity index (χ3v) is 5.60. The Hall–Kier alpha value is -4.32. The molecule has 4 aromatic rings. The Balaban J connectivity index is 1.47. The summed E-state index contributed by atoms with van der Waals surface area (Å²) in [5, 5.41) is 17.7. The van der Waals surface area contributed by atoms with Crippen LogP contribution in [-0.4, -0.2) is 29.5 Å². The van der Waals surface area contributed by atoms with Crippen molar-refractivity contribution >= 4 is 5.95 Å². The molecule has 158 valence electrons. The first kappa shape index (κ1) is 19.6. The van der Waals surface area contributed by atoms with Gasteiger partial charge in [-0.2, -0.15) is 5.26 Å². The van der Waals surface area contributed by atoms with Crippen LogP contribution < -0.4 is 11.3 Å². The molecule has 0 spiro atoms. The maximum Gasteiger partial charge on any atom is 0.255 e. The Morgan fingerprint density at radius 3 is 2.75 bits per heavy atom. The van der Waals surface area contributed by atoms with E-state index < -0.39 is 0 Å². The van der Waals surface area contributed by atoms with Crippen molar-refractivity contribution in [1.29, 1.82) is 5.26 Å². The number of hydrogen-bond donors (Lipinski definition) is 1. The van der Waals surface area contributed by atoms with Gasteiger partial charge >= 0.3 is 0 Å².